The zero-order valence-corrected chi connectivity index (χ0v) is 18.1. The number of aryl methyl sites for hydroxylation is 1. The molecule has 3 aliphatic rings. The van der Waals surface area contributed by atoms with Crippen molar-refractivity contribution in [2.75, 3.05) is 38.2 Å². The third-order valence-corrected chi connectivity index (χ3v) is 7.11. The standard InChI is InChI=1S/C20H31N5O3S/c1-13-22-17(23-28-13)6-7-21-20(27)19-15-10-14(11-24(12-15)8-9-29-2)16-4-3-5-18(26)25(16)19/h14-16,19H,3-12H2,1-2H3,(H,21,27)/t14-,15+,16+,19-/m1/s1. The molecule has 0 spiro atoms. The Morgan fingerprint density at radius 3 is 2.93 bits per heavy atom. The summed E-state index contributed by atoms with van der Waals surface area (Å²) in [7, 11) is 0. The summed E-state index contributed by atoms with van der Waals surface area (Å²) in [6, 6.07) is -0.145. The third-order valence-electron chi connectivity index (χ3n) is 6.51. The molecule has 1 N–H and O–H groups in total. The van der Waals surface area contributed by atoms with Gasteiger partial charge in [-0.1, -0.05) is 5.16 Å². The minimum absolute atomic E-state index is 0.0272. The lowest BCUT2D eigenvalue weighted by Crippen LogP contribution is -2.68. The Kier molecular flexibility index (Phi) is 6.44. The van der Waals surface area contributed by atoms with Gasteiger partial charge in [0.25, 0.3) is 0 Å². The number of hydrogen-bond acceptors (Lipinski definition) is 7. The highest BCUT2D eigenvalue weighted by molar-refractivity contribution is 7.98. The van der Waals surface area contributed by atoms with Gasteiger partial charge in [0.05, 0.1) is 0 Å². The van der Waals surface area contributed by atoms with Crippen LogP contribution >= 0.6 is 11.8 Å². The van der Waals surface area contributed by atoms with E-state index in [1.807, 2.05) is 16.7 Å². The number of rotatable bonds is 7. The summed E-state index contributed by atoms with van der Waals surface area (Å²) < 4.78 is 4.99. The number of nitrogens with one attached hydrogen (secondary N) is 1. The molecule has 3 aliphatic heterocycles. The third kappa shape index (κ3) is 4.45. The zero-order valence-electron chi connectivity index (χ0n) is 17.3. The highest BCUT2D eigenvalue weighted by atomic mass is 32.2. The molecule has 4 atom stereocenters. The second kappa shape index (κ2) is 9.04. The van der Waals surface area contributed by atoms with E-state index in [-0.39, 0.29) is 29.8 Å². The van der Waals surface area contributed by atoms with E-state index in [0.717, 1.165) is 44.6 Å². The SMILES string of the molecule is CSCCN1C[C@H]2C[C@@H](C1)[C@H](C(=O)NCCc1noc(C)n1)N1C(=O)CCC[C@@H]21. The minimum Gasteiger partial charge on any atom is -0.354 e. The molecule has 1 aromatic rings. The predicted molar refractivity (Wildman–Crippen MR) is 110 cm³/mol. The fourth-order valence-corrected chi connectivity index (χ4v) is 5.78. The zero-order chi connectivity index (χ0) is 20.4. The quantitative estimate of drug-likeness (QED) is 0.705. The van der Waals surface area contributed by atoms with E-state index in [9.17, 15) is 9.59 Å². The van der Waals surface area contributed by atoms with Crippen molar-refractivity contribution >= 4 is 23.6 Å². The van der Waals surface area contributed by atoms with Gasteiger partial charge >= 0.3 is 0 Å². The number of aromatic nitrogens is 2. The predicted octanol–water partition coefficient (Wildman–Crippen LogP) is 1.10. The number of amides is 2. The van der Waals surface area contributed by atoms with Gasteiger partial charge in [0.15, 0.2) is 5.82 Å². The monoisotopic (exact) mass is 421 g/mol. The summed E-state index contributed by atoms with van der Waals surface area (Å²) in [5.41, 5.74) is 0. The lowest BCUT2D eigenvalue weighted by molar-refractivity contribution is -0.160. The number of likely N-dealkylation sites (tertiary alicyclic amines) is 1. The Labute approximate surface area is 176 Å². The van der Waals surface area contributed by atoms with E-state index in [1.165, 1.54) is 0 Å². The smallest absolute Gasteiger partial charge is 0.243 e. The average Bonchev–Trinajstić information content (AvgIpc) is 3.12. The van der Waals surface area contributed by atoms with Gasteiger partial charge in [-0.3, -0.25) is 9.59 Å². The van der Waals surface area contributed by atoms with Crippen LogP contribution in [0.1, 0.15) is 37.4 Å². The number of thioether (sulfide) groups is 1. The van der Waals surface area contributed by atoms with Crippen LogP contribution in [0.2, 0.25) is 0 Å². The van der Waals surface area contributed by atoms with Crippen LogP contribution in [0.15, 0.2) is 4.52 Å². The Morgan fingerprint density at radius 2 is 2.17 bits per heavy atom. The number of fused-ring (bicyclic) bond motifs is 4. The Morgan fingerprint density at radius 1 is 1.34 bits per heavy atom. The van der Waals surface area contributed by atoms with Crippen LogP contribution in [-0.4, -0.2) is 82.0 Å². The number of carbonyl (C=O) groups is 2. The molecule has 160 valence electrons. The number of hydrogen-bond donors (Lipinski definition) is 1. The van der Waals surface area contributed by atoms with Gasteiger partial charge in [-0.15, -0.1) is 0 Å². The van der Waals surface area contributed by atoms with E-state index < -0.39 is 0 Å². The lowest BCUT2D eigenvalue weighted by atomic mass is 9.71. The van der Waals surface area contributed by atoms with E-state index in [2.05, 4.69) is 26.6 Å². The van der Waals surface area contributed by atoms with Gasteiger partial charge in [0.2, 0.25) is 17.7 Å². The largest absolute Gasteiger partial charge is 0.354 e. The molecule has 4 rings (SSSR count). The van der Waals surface area contributed by atoms with Crippen molar-refractivity contribution in [2.45, 2.75) is 51.1 Å². The first-order chi connectivity index (χ1) is 14.1. The van der Waals surface area contributed by atoms with Gasteiger partial charge in [0.1, 0.15) is 6.04 Å². The van der Waals surface area contributed by atoms with Crippen LogP contribution in [0.5, 0.6) is 0 Å². The van der Waals surface area contributed by atoms with Crippen LogP contribution in [-0.2, 0) is 16.0 Å². The van der Waals surface area contributed by atoms with E-state index >= 15 is 0 Å². The fourth-order valence-electron chi connectivity index (χ4n) is 5.34. The summed E-state index contributed by atoms with van der Waals surface area (Å²) in [6.07, 6.45) is 6.24. The topological polar surface area (TPSA) is 91.6 Å². The molecule has 1 aromatic heterocycles. The van der Waals surface area contributed by atoms with Crippen LogP contribution < -0.4 is 5.32 Å². The average molecular weight is 422 g/mol. The van der Waals surface area contributed by atoms with Crippen LogP contribution in [0.4, 0.5) is 0 Å². The maximum Gasteiger partial charge on any atom is 0.243 e. The number of nitrogens with zero attached hydrogens (tertiary/aromatic N) is 4. The second-order valence-corrected chi connectivity index (χ2v) is 9.47. The molecule has 8 nitrogen and oxygen atoms in total. The summed E-state index contributed by atoms with van der Waals surface area (Å²) in [6.45, 7) is 5.21. The molecule has 0 aliphatic carbocycles. The van der Waals surface area contributed by atoms with Gasteiger partial charge in [-0.2, -0.15) is 16.7 Å². The van der Waals surface area contributed by atoms with Crippen molar-refractivity contribution in [3.63, 3.8) is 0 Å². The summed E-state index contributed by atoms with van der Waals surface area (Å²) in [4.78, 5) is 34.7. The van der Waals surface area contributed by atoms with E-state index in [0.29, 0.717) is 37.0 Å². The first-order valence-electron chi connectivity index (χ1n) is 10.7. The fraction of sp³-hybridized carbons (Fsp3) is 0.800. The molecular weight excluding hydrogens is 390 g/mol. The number of carbonyl (C=O) groups excluding carboxylic acids is 2. The molecule has 9 heteroatoms. The Bertz CT molecular complexity index is 741. The highest BCUT2D eigenvalue weighted by Crippen LogP contribution is 2.41. The van der Waals surface area contributed by atoms with Crippen molar-refractivity contribution in [1.29, 1.82) is 0 Å². The van der Waals surface area contributed by atoms with Gasteiger partial charge < -0.3 is 19.6 Å². The summed E-state index contributed by atoms with van der Waals surface area (Å²) in [5.74, 6) is 3.06. The maximum atomic E-state index is 13.2. The van der Waals surface area contributed by atoms with E-state index in [4.69, 9.17) is 4.52 Å². The maximum absolute atomic E-state index is 13.2. The molecule has 2 amide bonds. The first kappa shape index (κ1) is 20.7. The normalized spacial score (nSPS) is 29.6. The molecule has 0 radical (unpaired) electrons. The van der Waals surface area contributed by atoms with Crippen molar-refractivity contribution in [3.05, 3.63) is 11.7 Å². The summed E-state index contributed by atoms with van der Waals surface area (Å²) in [5, 5.41) is 6.93. The molecule has 3 saturated heterocycles. The highest BCUT2D eigenvalue weighted by Gasteiger charge is 2.51. The number of piperidine rings is 3. The molecule has 29 heavy (non-hydrogen) atoms. The second-order valence-electron chi connectivity index (χ2n) is 8.48. The van der Waals surface area contributed by atoms with E-state index in [1.54, 1.807) is 6.92 Å². The molecule has 4 heterocycles. The minimum atomic E-state index is -0.354. The van der Waals surface area contributed by atoms with Crippen molar-refractivity contribution in [2.24, 2.45) is 11.8 Å². The van der Waals surface area contributed by atoms with Gasteiger partial charge in [-0.05, 0) is 31.4 Å². The molecule has 0 unspecified atom stereocenters. The Hall–Kier alpha value is -1.61. The molecular formula is C20H31N5O3S. The van der Waals surface area contributed by atoms with Crippen LogP contribution in [0, 0.1) is 18.8 Å². The lowest BCUT2D eigenvalue weighted by Gasteiger charge is -2.55. The van der Waals surface area contributed by atoms with Crippen molar-refractivity contribution < 1.29 is 14.1 Å². The molecule has 2 bridgehead atoms. The van der Waals surface area contributed by atoms with Crippen LogP contribution in [0.25, 0.3) is 0 Å². The molecule has 0 saturated carbocycles. The summed E-state index contributed by atoms with van der Waals surface area (Å²) >= 11 is 1.86. The van der Waals surface area contributed by atoms with Crippen molar-refractivity contribution in [3.8, 4) is 0 Å². The first-order valence-corrected chi connectivity index (χ1v) is 12.1. The molecule has 0 aromatic carbocycles. The van der Waals surface area contributed by atoms with Gasteiger partial charge in [-0.25, -0.2) is 0 Å². The van der Waals surface area contributed by atoms with Crippen molar-refractivity contribution in [1.82, 2.24) is 25.3 Å². The Balaban J connectivity index is 1.46. The molecule has 3 fully saturated rings. The van der Waals surface area contributed by atoms with Crippen LogP contribution in [0.3, 0.4) is 0 Å². The van der Waals surface area contributed by atoms with Gasteiger partial charge in [0, 0.05) is 63.7 Å².